The number of rotatable bonds is 3. The summed E-state index contributed by atoms with van der Waals surface area (Å²) in [5.74, 6) is -0.260. The molecule has 0 aromatic heterocycles. The number of ether oxygens (including phenoxy) is 1. The van der Waals surface area contributed by atoms with Crippen molar-refractivity contribution < 1.29 is 13.9 Å². The van der Waals surface area contributed by atoms with Crippen LogP contribution in [0.25, 0.3) is 0 Å². The molecule has 1 amide bonds. The second kappa shape index (κ2) is 9.09. The first-order chi connectivity index (χ1) is 14.2. The zero-order valence-corrected chi connectivity index (χ0v) is 18.7. The van der Waals surface area contributed by atoms with Crippen LogP contribution in [-0.4, -0.2) is 29.7 Å². The number of hydrogen-bond acceptors (Lipinski definition) is 4. The summed E-state index contributed by atoms with van der Waals surface area (Å²) in [6, 6.07) is 12.7. The first-order valence-electron chi connectivity index (χ1n) is 10.1. The number of fused-ring (bicyclic) bond motifs is 1. The summed E-state index contributed by atoms with van der Waals surface area (Å²) in [4.78, 5) is 15.2. The Balaban J connectivity index is 1.84. The standard InChI is InChI=1S/C24H27FN2O2S/c1-16(17-7-9-20(25)10-8-17)30-22-19(15-26)6-5-18-11-13-27(14-12-21(18)22)23(28)29-24(2,3)4/h5-10,16H,11-14H2,1-4H3. The summed E-state index contributed by atoms with van der Waals surface area (Å²) in [5, 5.41) is 9.74. The highest BCUT2D eigenvalue weighted by Gasteiger charge is 2.26. The lowest BCUT2D eigenvalue weighted by molar-refractivity contribution is 0.0258. The summed E-state index contributed by atoms with van der Waals surface area (Å²) >= 11 is 1.62. The predicted octanol–water partition coefficient (Wildman–Crippen LogP) is 5.89. The number of thioether (sulfide) groups is 1. The monoisotopic (exact) mass is 426 g/mol. The molecule has 0 spiro atoms. The first-order valence-corrected chi connectivity index (χ1v) is 11.0. The average molecular weight is 427 g/mol. The van der Waals surface area contributed by atoms with Gasteiger partial charge in [0.2, 0.25) is 0 Å². The van der Waals surface area contributed by atoms with Crippen LogP contribution >= 0.6 is 11.8 Å². The average Bonchev–Trinajstić information content (AvgIpc) is 2.90. The van der Waals surface area contributed by atoms with E-state index in [1.165, 1.54) is 12.1 Å². The van der Waals surface area contributed by atoms with E-state index in [4.69, 9.17) is 4.74 Å². The molecule has 1 aliphatic heterocycles. The molecular weight excluding hydrogens is 399 g/mol. The molecule has 1 heterocycles. The molecule has 0 bridgehead atoms. The van der Waals surface area contributed by atoms with Gasteiger partial charge in [0.05, 0.1) is 5.56 Å². The molecule has 0 fully saturated rings. The van der Waals surface area contributed by atoms with Gasteiger partial charge in [-0.25, -0.2) is 9.18 Å². The van der Waals surface area contributed by atoms with Crippen molar-refractivity contribution in [2.45, 2.75) is 56.3 Å². The van der Waals surface area contributed by atoms with Crippen molar-refractivity contribution in [3.05, 3.63) is 64.5 Å². The Hall–Kier alpha value is -2.52. The fourth-order valence-corrected chi connectivity index (χ4v) is 4.76. The molecule has 1 atom stereocenters. The van der Waals surface area contributed by atoms with Crippen LogP contribution in [0.3, 0.4) is 0 Å². The lowest BCUT2D eigenvalue weighted by Gasteiger charge is -2.26. The molecular formula is C24H27FN2O2S. The normalized spacial score (nSPS) is 15.0. The Bertz CT molecular complexity index is 961. The molecule has 1 unspecified atom stereocenters. The van der Waals surface area contributed by atoms with E-state index >= 15 is 0 Å². The van der Waals surface area contributed by atoms with E-state index in [1.54, 1.807) is 28.8 Å². The number of carbonyl (C=O) groups excluding carboxylic acids is 1. The van der Waals surface area contributed by atoms with Crippen molar-refractivity contribution in [3.8, 4) is 6.07 Å². The maximum absolute atomic E-state index is 13.3. The summed E-state index contributed by atoms with van der Waals surface area (Å²) < 4.78 is 18.8. The third-order valence-electron chi connectivity index (χ3n) is 5.05. The quantitative estimate of drug-likeness (QED) is 0.575. The highest BCUT2D eigenvalue weighted by Crippen LogP contribution is 2.40. The number of nitriles is 1. The zero-order valence-electron chi connectivity index (χ0n) is 17.9. The minimum absolute atomic E-state index is 0.0643. The van der Waals surface area contributed by atoms with Gasteiger partial charge in [-0.05, 0) is 75.4 Å². The van der Waals surface area contributed by atoms with E-state index < -0.39 is 5.60 Å². The molecule has 0 saturated heterocycles. The number of carbonyl (C=O) groups is 1. The number of hydrogen-bond donors (Lipinski definition) is 0. The van der Waals surface area contributed by atoms with E-state index in [0.29, 0.717) is 25.1 Å². The lowest BCUT2D eigenvalue weighted by Crippen LogP contribution is -2.38. The number of nitrogens with zero attached hydrogens (tertiary/aromatic N) is 2. The first kappa shape index (κ1) is 22.2. The highest BCUT2D eigenvalue weighted by molar-refractivity contribution is 7.99. The molecule has 30 heavy (non-hydrogen) atoms. The molecule has 2 aromatic rings. The third-order valence-corrected chi connectivity index (χ3v) is 6.37. The van der Waals surface area contributed by atoms with Crippen LogP contribution in [-0.2, 0) is 17.6 Å². The van der Waals surface area contributed by atoms with Gasteiger partial charge in [-0.2, -0.15) is 5.26 Å². The van der Waals surface area contributed by atoms with Gasteiger partial charge < -0.3 is 9.64 Å². The van der Waals surface area contributed by atoms with Crippen LogP contribution in [0.1, 0.15) is 55.2 Å². The third kappa shape index (κ3) is 5.34. The van der Waals surface area contributed by atoms with Crippen molar-refractivity contribution >= 4 is 17.9 Å². The van der Waals surface area contributed by atoms with Crippen molar-refractivity contribution in [2.24, 2.45) is 0 Å². The molecule has 0 radical (unpaired) electrons. The van der Waals surface area contributed by atoms with Gasteiger partial charge in [0, 0.05) is 23.2 Å². The summed E-state index contributed by atoms with van der Waals surface area (Å²) in [5.41, 5.74) is 3.40. The largest absolute Gasteiger partial charge is 0.444 e. The van der Waals surface area contributed by atoms with Gasteiger partial charge in [0.25, 0.3) is 0 Å². The van der Waals surface area contributed by atoms with Crippen LogP contribution in [0.4, 0.5) is 9.18 Å². The number of amides is 1. The second-order valence-corrected chi connectivity index (χ2v) is 9.82. The fraction of sp³-hybridized carbons (Fsp3) is 0.417. The van der Waals surface area contributed by atoms with Crippen molar-refractivity contribution in [3.63, 3.8) is 0 Å². The van der Waals surface area contributed by atoms with Gasteiger partial charge in [-0.3, -0.25) is 0 Å². The highest BCUT2D eigenvalue weighted by atomic mass is 32.2. The van der Waals surface area contributed by atoms with Crippen molar-refractivity contribution in [2.75, 3.05) is 13.1 Å². The zero-order chi connectivity index (χ0) is 21.9. The smallest absolute Gasteiger partial charge is 0.410 e. The Kier molecular flexibility index (Phi) is 6.72. The Morgan fingerprint density at radius 3 is 2.47 bits per heavy atom. The maximum Gasteiger partial charge on any atom is 0.410 e. The molecule has 2 aromatic carbocycles. The molecule has 3 rings (SSSR count). The van der Waals surface area contributed by atoms with Crippen LogP contribution in [0.15, 0.2) is 41.3 Å². The minimum Gasteiger partial charge on any atom is -0.444 e. The predicted molar refractivity (Wildman–Crippen MR) is 117 cm³/mol. The summed E-state index contributed by atoms with van der Waals surface area (Å²) in [6.45, 7) is 8.79. The molecule has 0 saturated carbocycles. The molecule has 4 nitrogen and oxygen atoms in total. The van der Waals surface area contributed by atoms with Crippen LogP contribution in [0, 0.1) is 17.1 Å². The SMILES string of the molecule is CC(Sc1c(C#N)ccc2c1CCN(C(=O)OC(C)(C)C)CC2)c1ccc(F)cc1. The van der Waals surface area contributed by atoms with Gasteiger partial charge >= 0.3 is 6.09 Å². The Labute approximate surface area is 182 Å². The van der Waals surface area contributed by atoms with Gasteiger partial charge in [-0.1, -0.05) is 18.2 Å². The lowest BCUT2D eigenvalue weighted by atomic mass is 10.0. The van der Waals surface area contributed by atoms with E-state index in [2.05, 4.69) is 13.0 Å². The fourth-order valence-electron chi connectivity index (χ4n) is 3.50. The van der Waals surface area contributed by atoms with E-state index in [-0.39, 0.29) is 17.2 Å². The minimum atomic E-state index is -0.532. The molecule has 1 aliphatic rings. The van der Waals surface area contributed by atoms with Crippen LogP contribution in [0.2, 0.25) is 0 Å². The number of benzene rings is 2. The Morgan fingerprint density at radius 1 is 1.17 bits per heavy atom. The van der Waals surface area contributed by atoms with Crippen molar-refractivity contribution in [1.82, 2.24) is 4.90 Å². The number of halogens is 1. The van der Waals surface area contributed by atoms with Crippen LogP contribution < -0.4 is 0 Å². The topological polar surface area (TPSA) is 53.3 Å². The van der Waals surface area contributed by atoms with E-state index in [0.717, 1.165) is 28.0 Å². The van der Waals surface area contributed by atoms with E-state index in [9.17, 15) is 14.4 Å². The summed E-state index contributed by atoms with van der Waals surface area (Å²) in [6.07, 6.45) is 1.09. The molecule has 0 N–H and O–H groups in total. The Morgan fingerprint density at radius 2 is 1.83 bits per heavy atom. The van der Waals surface area contributed by atoms with Gasteiger partial charge in [0.1, 0.15) is 17.5 Å². The summed E-state index contributed by atoms with van der Waals surface area (Å²) in [7, 11) is 0. The van der Waals surface area contributed by atoms with Gasteiger partial charge in [-0.15, -0.1) is 11.8 Å². The van der Waals surface area contributed by atoms with Crippen LogP contribution in [0.5, 0.6) is 0 Å². The molecule has 0 aliphatic carbocycles. The van der Waals surface area contributed by atoms with Crippen molar-refractivity contribution in [1.29, 1.82) is 5.26 Å². The van der Waals surface area contributed by atoms with Gasteiger partial charge in [0.15, 0.2) is 0 Å². The molecule has 6 heteroatoms. The van der Waals surface area contributed by atoms with E-state index in [1.807, 2.05) is 32.9 Å². The maximum atomic E-state index is 13.3. The molecule has 158 valence electrons. The second-order valence-electron chi connectivity index (χ2n) is 8.47.